The van der Waals surface area contributed by atoms with Gasteiger partial charge in [-0.1, -0.05) is 23.6 Å². The lowest BCUT2D eigenvalue weighted by atomic mass is 10.1. The molecule has 1 rings (SSSR count). The fraction of sp³-hybridized carbons (Fsp3) is 0.231. The van der Waals surface area contributed by atoms with Crippen molar-refractivity contribution in [1.29, 1.82) is 0 Å². The fourth-order valence-electron chi connectivity index (χ4n) is 1.21. The number of carboxylic acid groups (broad SMARTS) is 1. The average molecular weight is 266 g/mol. The SMILES string of the molecule is CC(=O)SCCC#Cc1ccc(F)cc1C(=O)O. The Hall–Kier alpha value is -1.80. The predicted octanol–water partition coefficient (Wildman–Crippen LogP) is 2.55. The van der Waals surface area contributed by atoms with Crippen molar-refractivity contribution in [2.45, 2.75) is 13.3 Å². The highest BCUT2D eigenvalue weighted by molar-refractivity contribution is 8.13. The molecule has 18 heavy (non-hydrogen) atoms. The van der Waals surface area contributed by atoms with Crippen LogP contribution >= 0.6 is 11.8 Å². The summed E-state index contributed by atoms with van der Waals surface area (Å²) >= 11 is 1.16. The molecule has 0 aliphatic heterocycles. The predicted molar refractivity (Wildman–Crippen MR) is 68.0 cm³/mol. The molecular weight excluding hydrogens is 255 g/mol. The maximum Gasteiger partial charge on any atom is 0.337 e. The normalized spacial score (nSPS) is 9.44. The van der Waals surface area contributed by atoms with Crippen molar-refractivity contribution in [2.75, 3.05) is 5.75 Å². The van der Waals surface area contributed by atoms with Crippen LogP contribution in [0.4, 0.5) is 4.39 Å². The Balaban J connectivity index is 2.75. The first-order valence-corrected chi connectivity index (χ1v) is 6.14. The summed E-state index contributed by atoms with van der Waals surface area (Å²) in [5, 5.41) is 8.90. The third-order valence-electron chi connectivity index (χ3n) is 1.97. The third kappa shape index (κ3) is 4.60. The second-order valence-corrected chi connectivity index (χ2v) is 4.66. The molecule has 0 aliphatic carbocycles. The molecule has 5 heteroatoms. The molecule has 0 spiro atoms. The molecule has 0 bridgehead atoms. The van der Waals surface area contributed by atoms with Gasteiger partial charge in [0.1, 0.15) is 5.82 Å². The van der Waals surface area contributed by atoms with Crippen LogP contribution < -0.4 is 0 Å². The number of halogens is 1. The Bertz CT molecular complexity index is 529. The lowest BCUT2D eigenvalue weighted by Crippen LogP contribution is -2.00. The minimum atomic E-state index is -1.21. The molecule has 0 fully saturated rings. The van der Waals surface area contributed by atoms with Crippen molar-refractivity contribution in [3.8, 4) is 11.8 Å². The number of hydrogen-bond acceptors (Lipinski definition) is 3. The molecule has 0 aliphatic rings. The van der Waals surface area contributed by atoms with Crippen LogP contribution in [0.1, 0.15) is 29.3 Å². The fourth-order valence-corrected chi connectivity index (χ4v) is 1.70. The molecular formula is C13H11FO3S. The minimum absolute atomic E-state index is 0.0183. The number of aromatic carboxylic acids is 1. The van der Waals surface area contributed by atoms with Crippen LogP contribution in [0.5, 0.6) is 0 Å². The summed E-state index contributed by atoms with van der Waals surface area (Å²) in [4.78, 5) is 21.5. The van der Waals surface area contributed by atoms with Gasteiger partial charge in [-0.3, -0.25) is 4.79 Å². The minimum Gasteiger partial charge on any atom is -0.478 e. The van der Waals surface area contributed by atoms with Crippen LogP contribution in [0.2, 0.25) is 0 Å². The number of carboxylic acids is 1. The van der Waals surface area contributed by atoms with Gasteiger partial charge < -0.3 is 5.11 Å². The first kappa shape index (κ1) is 14.3. The summed E-state index contributed by atoms with van der Waals surface area (Å²) in [6, 6.07) is 3.45. The summed E-state index contributed by atoms with van der Waals surface area (Å²) in [5.74, 6) is 4.18. The van der Waals surface area contributed by atoms with E-state index in [-0.39, 0.29) is 16.2 Å². The van der Waals surface area contributed by atoms with Crippen LogP contribution in [0.15, 0.2) is 18.2 Å². The van der Waals surface area contributed by atoms with Gasteiger partial charge in [-0.15, -0.1) is 0 Å². The number of thioether (sulfide) groups is 1. The smallest absolute Gasteiger partial charge is 0.337 e. The quantitative estimate of drug-likeness (QED) is 0.674. The zero-order valence-corrected chi connectivity index (χ0v) is 10.5. The highest BCUT2D eigenvalue weighted by Gasteiger charge is 2.09. The maximum absolute atomic E-state index is 12.9. The van der Waals surface area contributed by atoms with Crippen LogP contribution in [0, 0.1) is 17.7 Å². The number of benzene rings is 1. The molecule has 1 aromatic carbocycles. The van der Waals surface area contributed by atoms with Crippen LogP contribution in [0.25, 0.3) is 0 Å². The van der Waals surface area contributed by atoms with Crippen LogP contribution in [-0.2, 0) is 4.79 Å². The van der Waals surface area contributed by atoms with E-state index in [1.54, 1.807) is 0 Å². The summed E-state index contributed by atoms with van der Waals surface area (Å²) < 4.78 is 12.9. The van der Waals surface area contributed by atoms with Gasteiger partial charge in [-0.05, 0) is 18.2 Å². The van der Waals surface area contributed by atoms with Gasteiger partial charge in [-0.2, -0.15) is 0 Å². The first-order valence-electron chi connectivity index (χ1n) is 5.16. The second-order valence-electron chi connectivity index (χ2n) is 3.39. The highest BCUT2D eigenvalue weighted by Crippen LogP contribution is 2.10. The van der Waals surface area contributed by atoms with E-state index < -0.39 is 11.8 Å². The monoisotopic (exact) mass is 266 g/mol. The van der Waals surface area contributed by atoms with E-state index in [1.807, 2.05) is 0 Å². The van der Waals surface area contributed by atoms with E-state index >= 15 is 0 Å². The van der Waals surface area contributed by atoms with E-state index in [4.69, 9.17) is 5.11 Å². The van der Waals surface area contributed by atoms with Crippen molar-refractivity contribution >= 4 is 22.8 Å². The largest absolute Gasteiger partial charge is 0.478 e. The molecule has 0 saturated carbocycles. The lowest BCUT2D eigenvalue weighted by molar-refractivity contribution is -0.109. The topological polar surface area (TPSA) is 54.4 Å². The number of rotatable bonds is 3. The van der Waals surface area contributed by atoms with Gasteiger partial charge in [0.25, 0.3) is 0 Å². The molecule has 0 aromatic heterocycles. The summed E-state index contributed by atoms with van der Waals surface area (Å²) in [6.07, 6.45) is 0.473. The molecule has 0 unspecified atom stereocenters. The molecule has 0 heterocycles. The molecule has 0 saturated heterocycles. The molecule has 0 amide bonds. The van der Waals surface area contributed by atoms with Gasteiger partial charge in [-0.25, -0.2) is 9.18 Å². The Morgan fingerprint density at radius 3 is 2.78 bits per heavy atom. The molecule has 0 radical (unpaired) electrons. The summed E-state index contributed by atoms with van der Waals surface area (Å²) in [5.41, 5.74) is 0.124. The van der Waals surface area contributed by atoms with E-state index in [0.717, 1.165) is 17.8 Å². The van der Waals surface area contributed by atoms with Gasteiger partial charge in [0.2, 0.25) is 0 Å². The van der Waals surface area contributed by atoms with Gasteiger partial charge >= 0.3 is 5.97 Å². The Labute approximate surface area is 108 Å². The molecule has 94 valence electrons. The maximum atomic E-state index is 12.9. The summed E-state index contributed by atoms with van der Waals surface area (Å²) in [6.45, 7) is 1.47. The number of hydrogen-bond donors (Lipinski definition) is 1. The van der Waals surface area contributed by atoms with E-state index in [1.165, 1.54) is 19.1 Å². The zero-order valence-electron chi connectivity index (χ0n) is 9.70. The van der Waals surface area contributed by atoms with Crippen molar-refractivity contribution in [3.63, 3.8) is 0 Å². The number of carbonyl (C=O) groups excluding carboxylic acids is 1. The number of carbonyl (C=O) groups is 2. The van der Waals surface area contributed by atoms with Crippen LogP contribution in [0.3, 0.4) is 0 Å². The van der Waals surface area contributed by atoms with Crippen molar-refractivity contribution in [3.05, 3.63) is 35.1 Å². The van der Waals surface area contributed by atoms with Crippen molar-refractivity contribution in [2.24, 2.45) is 0 Å². The molecule has 0 atom stereocenters. The van der Waals surface area contributed by atoms with E-state index in [9.17, 15) is 14.0 Å². The van der Waals surface area contributed by atoms with E-state index in [2.05, 4.69) is 11.8 Å². The molecule has 3 nitrogen and oxygen atoms in total. The van der Waals surface area contributed by atoms with Crippen molar-refractivity contribution in [1.82, 2.24) is 0 Å². The Morgan fingerprint density at radius 2 is 2.17 bits per heavy atom. The van der Waals surface area contributed by atoms with Gasteiger partial charge in [0.15, 0.2) is 5.12 Å². The lowest BCUT2D eigenvalue weighted by Gasteiger charge is -1.98. The first-order chi connectivity index (χ1) is 8.50. The van der Waals surface area contributed by atoms with E-state index in [0.29, 0.717) is 12.2 Å². The Morgan fingerprint density at radius 1 is 1.44 bits per heavy atom. The third-order valence-corrected chi connectivity index (χ3v) is 2.78. The van der Waals surface area contributed by atoms with Gasteiger partial charge in [0.05, 0.1) is 5.56 Å². The molecule has 1 N–H and O–H groups in total. The molecule has 1 aromatic rings. The zero-order chi connectivity index (χ0) is 13.5. The highest BCUT2D eigenvalue weighted by atomic mass is 32.2. The van der Waals surface area contributed by atoms with Crippen LogP contribution in [-0.4, -0.2) is 21.9 Å². The second kappa shape index (κ2) is 6.82. The average Bonchev–Trinajstić information content (AvgIpc) is 2.29. The van der Waals surface area contributed by atoms with Crippen molar-refractivity contribution < 1.29 is 19.1 Å². The van der Waals surface area contributed by atoms with Gasteiger partial charge in [0, 0.05) is 24.7 Å². The summed E-state index contributed by atoms with van der Waals surface area (Å²) in [7, 11) is 0. The Kier molecular flexibility index (Phi) is 5.40. The standard InChI is InChI=1S/C13H11FO3S/c1-9(15)18-7-3-2-4-10-5-6-11(14)8-12(10)13(16)17/h5-6,8H,3,7H2,1H3,(H,16,17).